The van der Waals surface area contributed by atoms with Gasteiger partial charge in [0, 0.05) is 18.2 Å². The lowest BCUT2D eigenvalue weighted by molar-refractivity contribution is -0.117. The van der Waals surface area contributed by atoms with Gasteiger partial charge in [-0.25, -0.2) is 4.98 Å². The highest BCUT2D eigenvalue weighted by atomic mass is 16.1. The van der Waals surface area contributed by atoms with Gasteiger partial charge in [-0.05, 0) is 32.4 Å². The van der Waals surface area contributed by atoms with E-state index in [0.717, 1.165) is 5.56 Å². The summed E-state index contributed by atoms with van der Waals surface area (Å²) in [6, 6.07) is 3.73. The Morgan fingerprint density at radius 2 is 2.27 bits per heavy atom. The monoisotopic (exact) mass is 207 g/mol. The molecular weight excluding hydrogens is 190 g/mol. The van der Waals surface area contributed by atoms with Gasteiger partial charge in [-0.15, -0.1) is 0 Å². The van der Waals surface area contributed by atoms with Crippen LogP contribution in [0.1, 0.15) is 25.8 Å². The molecule has 4 nitrogen and oxygen atoms in total. The second-order valence-corrected chi connectivity index (χ2v) is 4.38. The molecule has 1 heterocycles. The fraction of sp³-hybridized carbons (Fsp3) is 0.455. The average Bonchev–Trinajstić information content (AvgIpc) is 2.05. The van der Waals surface area contributed by atoms with Crippen molar-refractivity contribution in [3.8, 4) is 0 Å². The predicted octanol–water partition coefficient (Wildman–Crippen LogP) is 1.46. The number of aromatic nitrogens is 1. The molecule has 0 fully saturated rings. The van der Waals surface area contributed by atoms with Crippen molar-refractivity contribution in [3.63, 3.8) is 0 Å². The van der Waals surface area contributed by atoms with Crippen molar-refractivity contribution in [1.29, 1.82) is 0 Å². The highest BCUT2D eigenvalue weighted by Crippen LogP contribution is 2.11. The average molecular weight is 207 g/mol. The molecule has 4 heteroatoms. The normalized spacial score (nSPS) is 11.2. The third kappa shape index (κ3) is 4.08. The molecule has 1 amide bonds. The van der Waals surface area contributed by atoms with Crippen LogP contribution >= 0.6 is 0 Å². The minimum absolute atomic E-state index is 0.107. The van der Waals surface area contributed by atoms with Gasteiger partial charge in [-0.1, -0.05) is 6.07 Å². The van der Waals surface area contributed by atoms with E-state index in [1.807, 2.05) is 32.9 Å². The summed E-state index contributed by atoms with van der Waals surface area (Å²) >= 11 is 0. The molecule has 0 bridgehead atoms. The standard InChI is InChI=1S/C11H17N3O/c1-8-5-4-6-13-10(8)14-9(15)7-11(2,3)12/h4-6H,7,12H2,1-3H3,(H,13,14,15). The number of hydrogen-bond acceptors (Lipinski definition) is 3. The van der Waals surface area contributed by atoms with E-state index in [-0.39, 0.29) is 12.3 Å². The van der Waals surface area contributed by atoms with Crippen molar-refractivity contribution < 1.29 is 4.79 Å². The maximum Gasteiger partial charge on any atom is 0.227 e. The van der Waals surface area contributed by atoms with Crippen LogP contribution in [0.3, 0.4) is 0 Å². The van der Waals surface area contributed by atoms with Gasteiger partial charge in [0.2, 0.25) is 5.91 Å². The van der Waals surface area contributed by atoms with Crippen LogP contribution in [-0.4, -0.2) is 16.4 Å². The van der Waals surface area contributed by atoms with E-state index in [9.17, 15) is 4.79 Å². The Labute approximate surface area is 89.9 Å². The van der Waals surface area contributed by atoms with Crippen LogP contribution in [0.25, 0.3) is 0 Å². The number of nitrogens with one attached hydrogen (secondary N) is 1. The lowest BCUT2D eigenvalue weighted by Gasteiger charge is -2.17. The van der Waals surface area contributed by atoms with E-state index >= 15 is 0 Å². The fourth-order valence-corrected chi connectivity index (χ4v) is 1.21. The van der Waals surface area contributed by atoms with Crippen molar-refractivity contribution in [2.75, 3.05) is 5.32 Å². The molecule has 1 aromatic heterocycles. The lowest BCUT2D eigenvalue weighted by Crippen LogP contribution is -2.36. The summed E-state index contributed by atoms with van der Waals surface area (Å²) in [7, 11) is 0. The van der Waals surface area contributed by atoms with Crippen LogP contribution in [0.5, 0.6) is 0 Å². The van der Waals surface area contributed by atoms with Gasteiger partial charge in [-0.3, -0.25) is 4.79 Å². The van der Waals surface area contributed by atoms with E-state index in [0.29, 0.717) is 5.82 Å². The van der Waals surface area contributed by atoms with Crippen molar-refractivity contribution in [3.05, 3.63) is 23.9 Å². The van der Waals surface area contributed by atoms with Crippen LogP contribution in [0.15, 0.2) is 18.3 Å². The largest absolute Gasteiger partial charge is 0.325 e. The summed E-state index contributed by atoms with van der Waals surface area (Å²) < 4.78 is 0. The number of carbonyl (C=O) groups excluding carboxylic acids is 1. The van der Waals surface area contributed by atoms with Crippen LogP contribution in [0, 0.1) is 6.92 Å². The zero-order valence-electron chi connectivity index (χ0n) is 9.37. The van der Waals surface area contributed by atoms with E-state index in [2.05, 4.69) is 10.3 Å². The summed E-state index contributed by atoms with van der Waals surface area (Å²) in [5, 5.41) is 2.74. The molecule has 0 aliphatic rings. The molecule has 0 saturated carbocycles. The second kappa shape index (κ2) is 4.40. The molecule has 0 saturated heterocycles. The summed E-state index contributed by atoms with van der Waals surface area (Å²) in [5.41, 5.74) is 6.20. The van der Waals surface area contributed by atoms with Gasteiger partial charge in [0.25, 0.3) is 0 Å². The quantitative estimate of drug-likeness (QED) is 0.788. The third-order valence-corrected chi connectivity index (χ3v) is 1.88. The molecule has 15 heavy (non-hydrogen) atoms. The SMILES string of the molecule is Cc1cccnc1NC(=O)CC(C)(C)N. The number of rotatable bonds is 3. The minimum atomic E-state index is -0.493. The maximum atomic E-state index is 11.5. The Morgan fingerprint density at radius 1 is 1.60 bits per heavy atom. The number of anilines is 1. The van der Waals surface area contributed by atoms with Gasteiger partial charge in [0.05, 0.1) is 0 Å². The number of carbonyl (C=O) groups is 1. The number of pyridine rings is 1. The summed E-state index contributed by atoms with van der Waals surface area (Å²) in [5.74, 6) is 0.496. The van der Waals surface area contributed by atoms with E-state index < -0.39 is 5.54 Å². The highest BCUT2D eigenvalue weighted by molar-refractivity contribution is 5.91. The molecule has 82 valence electrons. The van der Waals surface area contributed by atoms with Crippen molar-refractivity contribution in [2.45, 2.75) is 32.7 Å². The zero-order chi connectivity index (χ0) is 11.5. The predicted molar refractivity (Wildman–Crippen MR) is 60.5 cm³/mol. The lowest BCUT2D eigenvalue weighted by atomic mass is 10.0. The zero-order valence-corrected chi connectivity index (χ0v) is 9.37. The Bertz CT molecular complexity index is 355. The minimum Gasteiger partial charge on any atom is -0.325 e. The van der Waals surface area contributed by atoms with Crippen LogP contribution < -0.4 is 11.1 Å². The van der Waals surface area contributed by atoms with Crippen molar-refractivity contribution >= 4 is 11.7 Å². The first-order valence-electron chi connectivity index (χ1n) is 4.89. The topological polar surface area (TPSA) is 68.0 Å². The molecule has 0 aliphatic heterocycles. The summed E-state index contributed by atoms with van der Waals surface area (Å²) in [6.45, 7) is 5.53. The summed E-state index contributed by atoms with van der Waals surface area (Å²) in [6.07, 6.45) is 1.93. The van der Waals surface area contributed by atoms with E-state index in [1.54, 1.807) is 6.20 Å². The third-order valence-electron chi connectivity index (χ3n) is 1.88. The maximum absolute atomic E-state index is 11.5. The van der Waals surface area contributed by atoms with Gasteiger partial charge in [0.1, 0.15) is 5.82 Å². The van der Waals surface area contributed by atoms with Gasteiger partial charge >= 0.3 is 0 Å². The van der Waals surface area contributed by atoms with Gasteiger partial charge in [-0.2, -0.15) is 0 Å². The molecule has 3 N–H and O–H groups in total. The van der Waals surface area contributed by atoms with E-state index in [4.69, 9.17) is 5.73 Å². The number of nitrogens with zero attached hydrogens (tertiary/aromatic N) is 1. The Kier molecular flexibility index (Phi) is 3.42. The number of hydrogen-bond donors (Lipinski definition) is 2. The van der Waals surface area contributed by atoms with Gasteiger partial charge in [0.15, 0.2) is 0 Å². The Hall–Kier alpha value is -1.42. The smallest absolute Gasteiger partial charge is 0.227 e. The molecular formula is C11H17N3O. The molecule has 0 spiro atoms. The highest BCUT2D eigenvalue weighted by Gasteiger charge is 2.16. The first-order valence-corrected chi connectivity index (χ1v) is 4.89. The molecule has 0 unspecified atom stereocenters. The molecule has 1 rings (SSSR count). The Morgan fingerprint density at radius 3 is 2.80 bits per heavy atom. The fourth-order valence-electron chi connectivity index (χ4n) is 1.21. The first-order chi connectivity index (χ1) is 6.88. The molecule has 0 radical (unpaired) electrons. The molecule has 0 aliphatic carbocycles. The van der Waals surface area contributed by atoms with Crippen LogP contribution in [-0.2, 0) is 4.79 Å². The molecule has 0 aromatic carbocycles. The van der Waals surface area contributed by atoms with E-state index in [1.165, 1.54) is 0 Å². The summed E-state index contributed by atoms with van der Waals surface area (Å²) in [4.78, 5) is 15.6. The van der Waals surface area contributed by atoms with Crippen LogP contribution in [0.2, 0.25) is 0 Å². The van der Waals surface area contributed by atoms with Crippen LogP contribution in [0.4, 0.5) is 5.82 Å². The van der Waals surface area contributed by atoms with Crippen molar-refractivity contribution in [2.24, 2.45) is 5.73 Å². The number of nitrogens with two attached hydrogens (primary N) is 1. The molecule has 1 aromatic rings. The number of amides is 1. The Balaban J connectivity index is 2.64. The second-order valence-electron chi connectivity index (χ2n) is 4.38. The van der Waals surface area contributed by atoms with Crippen molar-refractivity contribution in [1.82, 2.24) is 4.98 Å². The number of aryl methyl sites for hydroxylation is 1. The first kappa shape index (κ1) is 11.7. The molecule has 0 atom stereocenters. The van der Waals surface area contributed by atoms with Gasteiger partial charge < -0.3 is 11.1 Å².